The normalized spacial score (nSPS) is 43.4. The third kappa shape index (κ3) is 2.53. The summed E-state index contributed by atoms with van der Waals surface area (Å²) in [5, 5.41) is 0. The third-order valence-corrected chi connectivity index (χ3v) is 13.3. The van der Waals surface area contributed by atoms with E-state index in [0.717, 1.165) is 29.2 Å². The Kier molecular flexibility index (Phi) is 4.45. The maximum Gasteiger partial charge on any atom is 0.0567 e. The first kappa shape index (κ1) is 15.7. The van der Waals surface area contributed by atoms with Crippen LogP contribution in [-0.2, 0) is 0 Å². The van der Waals surface area contributed by atoms with Gasteiger partial charge in [-0.1, -0.05) is 70.9 Å². The van der Waals surface area contributed by atoms with E-state index in [-0.39, 0.29) is 0 Å². The number of hydrogen-bond acceptors (Lipinski definition) is 1. The Morgan fingerprint density at radius 1 is 0.591 bits per heavy atom. The van der Waals surface area contributed by atoms with Crippen LogP contribution in [0.4, 0.5) is 0 Å². The number of fused-ring (bicyclic) bond motifs is 2. The zero-order valence-corrected chi connectivity index (χ0v) is 16.0. The number of rotatable bonds is 1. The van der Waals surface area contributed by atoms with Gasteiger partial charge in [-0.25, -0.2) is 0 Å². The summed E-state index contributed by atoms with van der Waals surface area (Å²) in [6, 6.07) is 2.96. The molecule has 0 N–H and O–H groups in total. The average molecular weight is 320 g/mol. The summed E-state index contributed by atoms with van der Waals surface area (Å²) in [6.45, 7) is 5.58. The lowest BCUT2D eigenvalue weighted by atomic mass is 9.82. The Balaban J connectivity index is 1.67. The molecule has 1 aliphatic heterocycles. The Hall–Kier alpha value is 0.177. The minimum atomic E-state index is -1.06. The maximum atomic E-state index is 3.20. The molecule has 4 atom stereocenters. The molecule has 1 saturated heterocycles. The van der Waals surface area contributed by atoms with Crippen molar-refractivity contribution in [3.63, 3.8) is 0 Å². The van der Waals surface area contributed by atoms with Crippen molar-refractivity contribution in [2.45, 2.75) is 126 Å². The minimum Gasteiger partial charge on any atom is -0.295 e. The molecule has 2 heteroatoms. The van der Waals surface area contributed by atoms with Crippen molar-refractivity contribution >= 4 is 8.07 Å². The average Bonchev–Trinajstić information content (AvgIpc) is 2.56. The second-order valence-corrected chi connectivity index (χ2v) is 14.6. The molecule has 4 aliphatic rings. The summed E-state index contributed by atoms with van der Waals surface area (Å²) in [6.07, 6.45) is 19.9. The van der Waals surface area contributed by atoms with E-state index in [1.165, 1.54) is 57.8 Å². The van der Waals surface area contributed by atoms with Crippen LogP contribution in [0.1, 0.15) is 83.5 Å². The molecule has 4 rings (SSSR count). The fourth-order valence-corrected chi connectivity index (χ4v) is 12.2. The Bertz CT molecular complexity index is 361. The largest absolute Gasteiger partial charge is 0.295 e. The second-order valence-electron chi connectivity index (χ2n) is 9.48. The highest BCUT2D eigenvalue weighted by molar-refractivity contribution is 6.80. The van der Waals surface area contributed by atoms with E-state index >= 15 is 0 Å². The fourth-order valence-electron chi connectivity index (χ4n) is 7.11. The molecule has 0 bridgehead atoms. The van der Waals surface area contributed by atoms with Gasteiger partial charge >= 0.3 is 0 Å². The third-order valence-electron chi connectivity index (χ3n) is 8.13. The van der Waals surface area contributed by atoms with Gasteiger partial charge in [-0.2, -0.15) is 0 Å². The van der Waals surface area contributed by atoms with Crippen LogP contribution >= 0.6 is 0 Å². The number of hydrogen-bond donors (Lipinski definition) is 0. The second kappa shape index (κ2) is 6.24. The van der Waals surface area contributed by atoms with E-state index < -0.39 is 8.07 Å². The van der Waals surface area contributed by atoms with Crippen molar-refractivity contribution in [1.82, 2.24) is 4.90 Å². The monoisotopic (exact) mass is 319 g/mol. The van der Waals surface area contributed by atoms with Crippen LogP contribution in [0.3, 0.4) is 0 Å². The molecular weight excluding hydrogens is 282 g/mol. The highest BCUT2D eigenvalue weighted by atomic mass is 28.3. The van der Waals surface area contributed by atoms with Crippen molar-refractivity contribution in [3.8, 4) is 0 Å². The predicted octanol–water partition coefficient (Wildman–Crippen LogP) is 5.97. The lowest BCUT2D eigenvalue weighted by Gasteiger charge is -2.63. The highest BCUT2D eigenvalue weighted by Crippen LogP contribution is 2.56. The molecule has 4 unspecified atom stereocenters. The molecular formula is C20H37NSi. The Morgan fingerprint density at radius 3 is 1.59 bits per heavy atom. The van der Waals surface area contributed by atoms with Gasteiger partial charge in [0.25, 0.3) is 0 Å². The standard InChI is InChI=1S/C20H37NSi/c1-22(2)19-14-8-6-12-17(19)21(16-10-4-3-5-11-16)18-13-7-9-15-20(18)22/h16-20H,3-15H2,1-2H3. The van der Waals surface area contributed by atoms with Crippen molar-refractivity contribution in [3.05, 3.63) is 0 Å². The molecule has 3 aliphatic carbocycles. The fraction of sp³-hybridized carbons (Fsp3) is 1.00. The van der Waals surface area contributed by atoms with Crippen LogP contribution in [0.15, 0.2) is 0 Å². The van der Waals surface area contributed by atoms with Crippen molar-refractivity contribution < 1.29 is 0 Å². The van der Waals surface area contributed by atoms with Gasteiger partial charge in [0.1, 0.15) is 0 Å². The van der Waals surface area contributed by atoms with Crippen molar-refractivity contribution in [2.24, 2.45) is 0 Å². The van der Waals surface area contributed by atoms with Crippen LogP contribution in [0.25, 0.3) is 0 Å². The summed E-state index contributed by atoms with van der Waals surface area (Å²) in [5.41, 5.74) is 2.25. The lowest BCUT2D eigenvalue weighted by molar-refractivity contribution is 0.00613. The zero-order valence-electron chi connectivity index (χ0n) is 15.0. The van der Waals surface area contributed by atoms with Gasteiger partial charge in [-0.05, 0) is 36.8 Å². The first-order valence-electron chi connectivity index (χ1n) is 10.5. The van der Waals surface area contributed by atoms with Crippen LogP contribution < -0.4 is 0 Å². The molecule has 3 saturated carbocycles. The predicted molar refractivity (Wildman–Crippen MR) is 98.2 cm³/mol. The number of nitrogens with zero attached hydrogens (tertiary/aromatic N) is 1. The topological polar surface area (TPSA) is 3.24 Å². The molecule has 0 aromatic heterocycles. The molecule has 22 heavy (non-hydrogen) atoms. The molecule has 0 spiro atoms. The SMILES string of the molecule is C[Si]1(C)C2CCCCC2N(C2CCCCC2)C2CCCCC21. The van der Waals surface area contributed by atoms with Crippen LogP contribution in [0, 0.1) is 0 Å². The molecule has 1 nitrogen and oxygen atoms in total. The van der Waals surface area contributed by atoms with Gasteiger partial charge in [-0.3, -0.25) is 4.90 Å². The molecule has 0 amide bonds. The van der Waals surface area contributed by atoms with E-state index in [9.17, 15) is 0 Å². The molecule has 4 fully saturated rings. The molecule has 0 aromatic rings. The van der Waals surface area contributed by atoms with Gasteiger partial charge in [0.15, 0.2) is 0 Å². The van der Waals surface area contributed by atoms with E-state index in [1.807, 2.05) is 0 Å². The minimum absolute atomic E-state index is 0.968. The zero-order chi connectivity index (χ0) is 15.2. The van der Waals surface area contributed by atoms with E-state index in [2.05, 4.69) is 18.0 Å². The molecule has 126 valence electrons. The van der Waals surface area contributed by atoms with Gasteiger partial charge < -0.3 is 0 Å². The summed E-state index contributed by atoms with van der Waals surface area (Å²) < 4.78 is 0. The van der Waals surface area contributed by atoms with Gasteiger partial charge in [0.05, 0.1) is 8.07 Å². The Labute approximate surface area is 139 Å². The summed E-state index contributed by atoms with van der Waals surface area (Å²) in [7, 11) is -1.06. The maximum absolute atomic E-state index is 3.20. The molecule has 0 radical (unpaired) electrons. The Morgan fingerprint density at radius 2 is 1.05 bits per heavy atom. The highest BCUT2D eigenvalue weighted by Gasteiger charge is 2.56. The molecule has 1 heterocycles. The van der Waals surface area contributed by atoms with Gasteiger partial charge in [0.2, 0.25) is 0 Å². The van der Waals surface area contributed by atoms with Gasteiger partial charge in [0, 0.05) is 18.1 Å². The van der Waals surface area contributed by atoms with E-state index in [4.69, 9.17) is 0 Å². The van der Waals surface area contributed by atoms with Crippen LogP contribution in [-0.4, -0.2) is 31.1 Å². The summed E-state index contributed by atoms with van der Waals surface area (Å²) in [5.74, 6) is 0. The first-order chi connectivity index (χ1) is 10.7. The van der Waals surface area contributed by atoms with Crippen LogP contribution in [0.2, 0.25) is 24.2 Å². The van der Waals surface area contributed by atoms with Gasteiger partial charge in [-0.15, -0.1) is 0 Å². The quantitative estimate of drug-likeness (QED) is 0.538. The molecule has 0 aromatic carbocycles. The summed E-state index contributed by atoms with van der Waals surface area (Å²) in [4.78, 5) is 3.20. The van der Waals surface area contributed by atoms with E-state index in [1.54, 1.807) is 25.7 Å². The first-order valence-corrected chi connectivity index (χ1v) is 13.6. The van der Waals surface area contributed by atoms with E-state index in [0.29, 0.717) is 0 Å². The van der Waals surface area contributed by atoms with Crippen LogP contribution in [0.5, 0.6) is 0 Å². The lowest BCUT2D eigenvalue weighted by Crippen LogP contribution is -2.66. The van der Waals surface area contributed by atoms with Crippen molar-refractivity contribution in [1.29, 1.82) is 0 Å². The van der Waals surface area contributed by atoms with Crippen molar-refractivity contribution in [2.75, 3.05) is 0 Å². The summed E-state index contributed by atoms with van der Waals surface area (Å²) >= 11 is 0. The smallest absolute Gasteiger partial charge is 0.0567 e.